The lowest BCUT2D eigenvalue weighted by atomic mass is 9.97. The van der Waals surface area contributed by atoms with Crippen molar-refractivity contribution in [3.63, 3.8) is 0 Å². The normalized spacial score (nSPS) is 11.2. The molecule has 1 aromatic rings. The van der Waals surface area contributed by atoms with Gasteiger partial charge in [0.05, 0.1) is 0 Å². The molecule has 0 aliphatic carbocycles. The van der Waals surface area contributed by atoms with E-state index in [0.29, 0.717) is 12.1 Å². The van der Waals surface area contributed by atoms with Crippen LogP contribution in [0.1, 0.15) is 29.9 Å². The van der Waals surface area contributed by atoms with Crippen LogP contribution >= 0.6 is 15.9 Å². The molecule has 1 amide bonds. The first kappa shape index (κ1) is 13.2. The van der Waals surface area contributed by atoms with Crippen LogP contribution in [-0.4, -0.2) is 22.8 Å². The van der Waals surface area contributed by atoms with E-state index in [1.165, 1.54) is 0 Å². The van der Waals surface area contributed by atoms with Crippen LogP contribution in [0.2, 0.25) is 0 Å². The second kappa shape index (κ2) is 5.43. The molecule has 1 rings (SSSR count). The number of aryl methyl sites for hydroxylation is 1. The molecule has 0 spiro atoms. The average molecular weight is 285 g/mol. The largest absolute Gasteiger partial charge is 0.351 e. The zero-order chi connectivity index (χ0) is 12.2. The number of nitrogens with one attached hydrogen (secondary N) is 1. The molecule has 0 aliphatic heterocycles. The van der Waals surface area contributed by atoms with Gasteiger partial charge in [0.25, 0.3) is 5.91 Å². The van der Waals surface area contributed by atoms with E-state index in [-0.39, 0.29) is 11.3 Å². The van der Waals surface area contributed by atoms with Crippen molar-refractivity contribution in [2.45, 2.75) is 20.8 Å². The van der Waals surface area contributed by atoms with Gasteiger partial charge in [0.15, 0.2) is 0 Å². The summed E-state index contributed by atoms with van der Waals surface area (Å²) >= 11 is 3.43. The minimum Gasteiger partial charge on any atom is -0.351 e. The highest BCUT2D eigenvalue weighted by atomic mass is 79.9. The molecular weight excluding hydrogens is 268 g/mol. The van der Waals surface area contributed by atoms with Crippen LogP contribution in [0, 0.1) is 12.3 Å². The van der Waals surface area contributed by atoms with E-state index >= 15 is 0 Å². The van der Waals surface area contributed by atoms with E-state index in [1.807, 2.05) is 6.92 Å². The minimum atomic E-state index is -0.0421. The summed E-state index contributed by atoms with van der Waals surface area (Å²) in [6, 6.07) is 3.51. The van der Waals surface area contributed by atoms with E-state index in [0.717, 1.165) is 11.0 Å². The van der Waals surface area contributed by atoms with Crippen LogP contribution in [0.3, 0.4) is 0 Å². The number of carbonyl (C=O) groups is 1. The Hall–Kier alpha value is -0.900. The number of halogens is 1. The Bertz CT molecular complexity index is 377. The summed E-state index contributed by atoms with van der Waals surface area (Å²) in [5, 5.41) is 3.78. The first-order valence-corrected chi connectivity index (χ1v) is 6.33. The molecule has 3 nitrogen and oxygen atoms in total. The second-order valence-corrected chi connectivity index (χ2v) is 5.23. The van der Waals surface area contributed by atoms with Gasteiger partial charge in [0.1, 0.15) is 0 Å². The number of alkyl halides is 1. The van der Waals surface area contributed by atoms with E-state index in [9.17, 15) is 4.79 Å². The molecule has 4 heteroatoms. The Kier molecular flexibility index (Phi) is 4.47. The number of amides is 1. The van der Waals surface area contributed by atoms with Crippen molar-refractivity contribution in [1.29, 1.82) is 0 Å². The van der Waals surface area contributed by atoms with Crippen LogP contribution in [0.4, 0.5) is 0 Å². The monoisotopic (exact) mass is 284 g/mol. The number of carbonyl (C=O) groups excluding carboxylic acids is 1. The van der Waals surface area contributed by atoms with Gasteiger partial charge in [0.2, 0.25) is 0 Å². The highest BCUT2D eigenvalue weighted by Crippen LogP contribution is 2.16. The van der Waals surface area contributed by atoms with Crippen molar-refractivity contribution in [3.05, 3.63) is 29.6 Å². The first-order chi connectivity index (χ1) is 7.44. The molecule has 1 heterocycles. The third kappa shape index (κ3) is 3.93. The molecule has 88 valence electrons. The number of nitrogens with zero attached hydrogens (tertiary/aromatic N) is 1. The van der Waals surface area contributed by atoms with Gasteiger partial charge in [-0.25, -0.2) is 0 Å². The van der Waals surface area contributed by atoms with Crippen molar-refractivity contribution in [2.24, 2.45) is 5.41 Å². The summed E-state index contributed by atoms with van der Waals surface area (Å²) in [5.41, 5.74) is 1.59. The van der Waals surface area contributed by atoms with Crippen molar-refractivity contribution < 1.29 is 4.79 Å². The molecule has 0 saturated carbocycles. The summed E-state index contributed by atoms with van der Waals surface area (Å²) < 4.78 is 0. The highest BCUT2D eigenvalue weighted by Gasteiger charge is 2.17. The molecule has 0 atom stereocenters. The zero-order valence-electron chi connectivity index (χ0n) is 9.88. The van der Waals surface area contributed by atoms with Gasteiger partial charge in [0, 0.05) is 29.3 Å². The molecular formula is C12H17BrN2O. The summed E-state index contributed by atoms with van der Waals surface area (Å²) in [7, 11) is 0. The SMILES string of the molecule is Cc1cc(C(=O)NCC(C)(C)CBr)ccn1. The van der Waals surface area contributed by atoms with Gasteiger partial charge in [-0.1, -0.05) is 29.8 Å². The molecule has 0 aromatic carbocycles. The van der Waals surface area contributed by atoms with Gasteiger partial charge >= 0.3 is 0 Å². The quantitative estimate of drug-likeness (QED) is 0.864. The number of aromatic nitrogens is 1. The van der Waals surface area contributed by atoms with E-state index in [1.54, 1.807) is 18.3 Å². The van der Waals surface area contributed by atoms with Crippen LogP contribution in [0.15, 0.2) is 18.3 Å². The van der Waals surface area contributed by atoms with E-state index in [2.05, 4.69) is 40.1 Å². The topological polar surface area (TPSA) is 42.0 Å². The minimum absolute atomic E-state index is 0.0421. The maximum Gasteiger partial charge on any atom is 0.251 e. The third-order valence-corrected chi connectivity index (χ3v) is 3.77. The molecule has 0 aliphatic rings. The highest BCUT2D eigenvalue weighted by molar-refractivity contribution is 9.09. The van der Waals surface area contributed by atoms with Crippen LogP contribution < -0.4 is 5.32 Å². The fraction of sp³-hybridized carbons (Fsp3) is 0.500. The molecule has 0 fully saturated rings. The predicted octanol–water partition coefficient (Wildman–Crippen LogP) is 2.54. The Morgan fingerprint density at radius 3 is 2.81 bits per heavy atom. The maximum atomic E-state index is 11.8. The van der Waals surface area contributed by atoms with E-state index < -0.39 is 0 Å². The van der Waals surface area contributed by atoms with Gasteiger partial charge in [-0.3, -0.25) is 9.78 Å². The Morgan fingerprint density at radius 2 is 2.25 bits per heavy atom. The summed E-state index contributed by atoms with van der Waals surface area (Å²) in [4.78, 5) is 15.9. The van der Waals surface area contributed by atoms with Crippen molar-refractivity contribution >= 4 is 21.8 Å². The number of pyridine rings is 1. The van der Waals surface area contributed by atoms with Crippen molar-refractivity contribution in [2.75, 3.05) is 11.9 Å². The predicted molar refractivity (Wildman–Crippen MR) is 68.9 cm³/mol. The Morgan fingerprint density at radius 1 is 1.56 bits per heavy atom. The standard InChI is InChI=1S/C12H17BrN2O/c1-9-6-10(4-5-14-9)11(16)15-8-12(2,3)7-13/h4-6H,7-8H2,1-3H3,(H,15,16). The summed E-state index contributed by atoms with van der Waals surface area (Å²) in [5.74, 6) is -0.0421. The van der Waals surface area contributed by atoms with E-state index in [4.69, 9.17) is 0 Å². The molecule has 0 saturated heterocycles. The van der Waals surface area contributed by atoms with Crippen LogP contribution in [-0.2, 0) is 0 Å². The van der Waals surface area contributed by atoms with Crippen LogP contribution in [0.25, 0.3) is 0 Å². The molecule has 0 unspecified atom stereocenters. The Labute approximate surface area is 105 Å². The second-order valence-electron chi connectivity index (χ2n) is 4.67. The summed E-state index contributed by atoms with van der Waals surface area (Å²) in [6.07, 6.45) is 1.65. The molecule has 0 bridgehead atoms. The first-order valence-electron chi connectivity index (χ1n) is 5.21. The van der Waals surface area contributed by atoms with Crippen LogP contribution in [0.5, 0.6) is 0 Å². The number of rotatable bonds is 4. The Balaban J connectivity index is 2.60. The molecule has 16 heavy (non-hydrogen) atoms. The lowest BCUT2D eigenvalue weighted by Gasteiger charge is -2.21. The third-order valence-electron chi connectivity index (χ3n) is 2.25. The van der Waals surface area contributed by atoms with Crippen molar-refractivity contribution in [3.8, 4) is 0 Å². The van der Waals surface area contributed by atoms with Gasteiger partial charge < -0.3 is 5.32 Å². The fourth-order valence-electron chi connectivity index (χ4n) is 1.16. The van der Waals surface area contributed by atoms with Gasteiger partial charge in [-0.15, -0.1) is 0 Å². The lowest BCUT2D eigenvalue weighted by Crippen LogP contribution is -2.34. The van der Waals surface area contributed by atoms with Gasteiger partial charge in [-0.05, 0) is 24.5 Å². The zero-order valence-corrected chi connectivity index (χ0v) is 11.5. The molecule has 1 N–H and O–H groups in total. The fourth-order valence-corrected chi connectivity index (χ4v) is 1.35. The van der Waals surface area contributed by atoms with Gasteiger partial charge in [-0.2, -0.15) is 0 Å². The number of hydrogen-bond acceptors (Lipinski definition) is 2. The average Bonchev–Trinajstić information content (AvgIpc) is 2.26. The molecule has 1 aromatic heterocycles. The number of hydrogen-bond donors (Lipinski definition) is 1. The molecule has 0 radical (unpaired) electrons. The maximum absolute atomic E-state index is 11.8. The van der Waals surface area contributed by atoms with Crippen molar-refractivity contribution in [1.82, 2.24) is 10.3 Å². The summed E-state index contributed by atoms with van der Waals surface area (Å²) in [6.45, 7) is 6.72. The smallest absolute Gasteiger partial charge is 0.251 e. The lowest BCUT2D eigenvalue weighted by molar-refractivity contribution is 0.0940.